The smallest absolute Gasteiger partial charge is 0.303 e. The molecule has 0 amide bonds. The van der Waals surface area contributed by atoms with E-state index >= 15 is 0 Å². The second-order valence-corrected chi connectivity index (χ2v) is 4.18. The molecule has 110 valence electrons. The first-order valence-electron chi connectivity index (χ1n) is 5.91. The molecule has 0 radical (unpaired) electrons. The molecular formula is C12H11N3O6. The number of ether oxygens (including phenoxy) is 1. The van der Waals surface area contributed by atoms with Crippen LogP contribution in [-0.4, -0.2) is 16.2 Å². The van der Waals surface area contributed by atoms with Crippen LogP contribution < -0.4 is 9.79 Å². The van der Waals surface area contributed by atoms with Crippen molar-refractivity contribution in [3.63, 3.8) is 0 Å². The van der Waals surface area contributed by atoms with E-state index in [0.29, 0.717) is 5.69 Å². The van der Waals surface area contributed by atoms with Crippen LogP contribution in [-0.2, 0) is 9.53 Å². The van der Waals surface area contributed by atoms with Gasteiger partial charge in [-0.2, -0.15) is 0 Å². The van der Waals surface area contributed by atoms with Crippen molar-refractivity contribution in [2.75, 3.05) is 0 Å². The molecule has 2 aromatic rings. The van der Waals surface area contributed by atoms with E-state index in [1.165, 1.54) is 38.1 Å². The summed E-state index contributed by atoms with van der Waals surface area (Å²) in [6, 6.07) is 5.34. The molecule has 9 nitrogen and oxygen atoms in total. The van der Waals surface area contributed by atoms with Gasteiger partial charge in [0.05, 0.1) is 10.2 Å². The van der Waals surface area contributed by atoms with E-state index in [4.69, 9.17) is 4.74 Å². The van der Waals surface area contributed by atoms with E-state index in [0.717, 1.165) is 4.68 Å². The molecule has 0 saturated heterocycles. The lowest BCUT2D eigenvalue weighted by atomic mass is 10.2. The SMILES string of the molecule is CC(=O)OC(C)c1c([O-])on[n+]1-c1ccc([N+](=O)[O-])cc1. The van der Waals surface area contributed by atoms with Gasteiger partial charge in [-0.25, -0.2) is 0 Å². The number of nitrogens with zero attached hydrogens (tertiary/aromatic N) is 3. The third-order valence-electron chi connectivity index (χ3n) is 2.68. The van der Waals surface area contributed by atoms with Crippen LogP contribution >= 0.6 is 0 Å². The van der Waals surface area contributed by atoms with Crippen LogP contribution in [0.1, 0.15) is 25.6 Å². The largest absolute Gasteiger partial charge is 0.539 e. The zero-order chi connectivity index (χ0) is 15.6. The second kappa shape index (κ2) is 5.57. The average molecular weight is 293 g/mol. The molecular weight excluding hydrogens is 282 g/mol. The van der Waals surface area contributed by atoms with Crippen molar-refractivity contribution >= 4 is 11.7 Å². The number of rotatable bonds is 4. The van der Waals surface area contributed by atoms with Crippen molar-refractivity contribution in [1.29, 1.82) is 0 Å². The molecule has 0 spiro atoms. The van der Waals surface area contributed by atoms with Crippen molar-refractivity contribution in [2.24, 2.45) is 0 Å². The third-order valence-corrected chi connectivity index (χ3v) is 2.68. The van der Waals surface area contributed by atoms with Gasteiger partial charge in [0, 0.05) is 31.2 Å². The molecule has 1 heterocycles. The quantitative estimate of drug-likeness (QED) is 0.349. The Morgan fingerprint density at radius 1 is 1.43 bits per heavy atom. The van der Waals surface area contributed by atoms with Gasteiger partial charge in [-0.3, -0.25) is 14.9 Å². The summed E-state index contributed by atoms with van der Waals surface area (Å²) in [4.78, 5) is 21.0. The molecule has 1 aromatic carbocycles. The van der Waals surface area contributed by atoms with E-state index in [9.17, 15) is 20.0 Å². The highest BCUT2D eigenvalue weighted by Crippen LogP contribution is 2.22. The minimum atomic E-state index is -0.864. The fourth-order valence-corrected chi connectivity index (χ4v) is 1.80. The van der Waals surface area contributed by atoms with Crippen LogP contribution in [0.3, 0.4) is 0 Å². The summed E-state index contributed by atoms with van der Waals surface area (Å²) in [5.74, 6) is -1.31. The zero-order valence-corrected chi connectivity index (χ0v) is 11.2. The molecule has 21 heavy (non-hydrogen) atoms. The number of carbonyl (C=O) groups excluding carboxylic acids is 1. The number of benzene rings is 1. The fourth-order valence-electron chi connectivity index (χ4n) is 1.80. The van der Waals surface area contributed by atoms with Gasteiger partial charge in [0.2, 0.25) is 5.69 Å². The number of esters is 1. The van der Waals surface area contributed by atoms with Gasteiger partial charge in [0.15, 0.2) is 12.1 Å². The van der Waals surface area contributed by atoms with E-state index in [-0.39, 0.29) is 11.4 Å². The van der Waals surface area contributed by atoms with Gasteiger partial charge in [0.1, 0.15) is 0 Å². The lowest BCUT2D eigenvalue weighted by Gasteiger charge is -2.08. The van der Waals surface area contributed by atoms with Gasteiger partial charge < -0.3 is 14.4 Å². The molecule has 2 rings (SSSR count). The Kier molecular flexibility index (Phi) is 3.83. The summed E-state index contributed by atoms with van der Waals surface area (Å²) in [6.45, 7) is 2.71. The maximum absolute atomic E-state index is 11.7. The summed E-state index contributed by atoms with van der Waals surface area (Å²) in [5, 5.41) is 25.8. The maximum Gasteiger partial charge on any atom is 0.303 e. The highest BCUT2D eigenvalue weighted by atomic mass is 16.6. The average Bonchev–Trinajstić information content (AvgIpc) is 2.80. The second-order valence-electron chi connectivity index (χ2n) is 4.18. The van der Waals surface area contributed by atoms with Crippen molar-refractivity contribution in [1.82, 2.24) is 5.27 Å². The Labute approximate surface area is 118 Å². The lowest BCUT2D eigenvalue weighted by molar-refractivity contribution is -0.680. The first kappa shape index (κ1) is 14.4. The normalized spacial score (nSPS) is 11.9. The Balaban J connectivity index is 2.40. The summed E-state index contributed by atoms with van der Waals surface area (Å²) < 4.78 is 10.6. The molecule has 0 bridgehead atoms. The fraction of sp³-hybridized carbons (Fsp3) is 0.250. The summed E-state index contributed by atoms with van der Waals surface area (Å²) in [7, 11) is 0. The lowest BCUT2D eigenvalue weighted by Crippen LogP contribution is -2.38. The molecule has 0 aliphatic rings. The topological polar surface area (TPSA) is 122 Å². The minimum Gasteiger partial charge on any atom is -0.539 e. The van der Waals surface area contributed by atoms with Crippen LogP contribution in [0.15, 0.2) is 28.8 Å². The molecule has 1 unspecified atom stereocenters. The van der Waals surface area contributed by atoms with Crippen molar-refractivity contribution < 1.29 is 28.8 Å². The number of carbonyl (C=O) groups is 1. The molecule has 9 heteroatoms. The highest BCUT2D eigenvalue weighted by molar-refractivity contribution is 5.66. The van der Waals surface area contributed by atoms with Gasteiger partial charge >= 0.3 is 5.97 Å². The minimum absolute atomic E-state index is 0.0130. The summed E-state index contributed by atoms with van der Waals surface area (Å²) >= 11 is 0. The van der Waals surface area contributed by atoms with Crippen LogP contribution in [0.2, 0.25) is 0 Å². The molecule has 1 aromatic heterocycles. The Morgan fingerprint density at radius 2 is 2.05 bits per heavy atom. The predicted molar refractivity (Wildman–Crippen MR) is 64.3 cm³/mol. The number of aromatic nitrogens is 2. The number of nitro groups is 1. The van der Waals surface area contributed by atoms with Gasteiger partial charge in [-0.15, -0.1) is 0 Å². The first-order valence-corrected chi connectivity index (χ1v) is 5.91. The van der Waals surface area contributed by atoms with Gasteiger partial charge in [-0.1, -0.05) is 0 Å². The zero-order valence-electron chi connectivity index (χ0n) is 11.2. The van der Waals surface area contributed by atoms with Crippen molar-refractivity contribution in [3.05, 3.63) is 40.1 Å². The monoisotopic (exact) mass is 293 g/mol. The first-order chi connectivity index (χ1) is 9.90. The molecule has 0 saturated carbocycles. The number of non-ortho nitro benzene ring substituents is 1. The Morgan fingerprint density at radius 3 is 2.57 bits per heavy atom. The standard InChI is InChI=1S/C12H11N3O6/c1-7(20-8(2)16)11-12(17)21-13-14(11)9-3-5-10(6-4-9)15(18)19/h3-7H,1-2H3. The number of hydrogen-bond acceptors (Lipinski definition) is 7. The Hall–Kier alpha value is -2.97. The molecule has 1 atom stereocenters. The number of nitro benzene ring substituents is 1. The molecule has 0 aliphatic carbocycles. The van der Waals surface area contributed by atoms with E-state index < -0.39 is 22.9 Å². The van der Waals surface area contributed by atoms with Crippen molar-refractivity contribution in [2.45, 2.75) is 20.0 Å². The van der Waals surface area contributed by atoms with Crippen LogP contribution in [0.25, 0.3) is 5.69 Å². The van der Waals surface area contributed by atoms with Gasteiger partial charge in [0.25, 0.3) is 11.4 Å². The van der Waals surface area contributed by atoms with Crippen LogP contribution in [0.5, 0.6) is 5.95 Å². The number of hydrogen-bond donors (Lipinski definition) is 0. The van der Waals surface area contributed by atoms with Crippen LogP contribution in [0.4, 0.5) is 5.69 Å². The molecule has 0 fully saturated rings. The van der Waals surface area contributed by atoms with E-state index in [1.807, 2.05) is 0 Å². The maximum atomic E-state index is 11.7. The van der Waals surface area contributed by atoms with E-state index in [1.54, 1.807) is 0 Å². The predicted octanol–water partition coefficient (Wildman–Crippen LogP) is 0.557. The van der Waals surface area contributed by atoms with E-state index in [2.05, 4.69) is 9.79 Å². The summed E-state index contributed by atoms with van der Waals surface area (Å²) in [5.41, 5.74) is 0.291. The molecule has 0 N–H and O–H groups in total. The molecule has 0 aliphatic heterocycles. The van der Waals surface area contributed by atoms with Crippen LogP contribution in [0, 0.1) is 10.1 Å². The summed E-state index contributed by atoms with van der Waals surface area (Å²) in [6.07, 6.45) is -0.864. The highest BCUT2D eigenvalue weighted by Gasteiger charge is 2.28. The van der Waals surface area contributed by atoms with Crippen molar-refractivity contribution in [3.8, 4) is 11.6 Å². The Bertz CT molecular complexity index is 679. The third kappa shape index (κ3) is 2.96. The van der Waals surface area contributed by atoms with Gasteiger partial charge in [-0.05, 0) is 11.6 Å².